The van der Waals surface area contributed by atoms with Gasteiger partial charge in [0.25, 0.3) is 5.91 Å². The second kappa shape index (κ2) is 9.78. The van der Waals surface area contributed by atoms with Gasteiger partial charge >= 0.3 is 0 Å². The van der Waals surface area contributed by atoms with Crippen LogP contribution < -0.4 is 15.4 Å². The molecule has 1 heterocycles. The van der Waals surface area contributed by atoms with Crippen molar-refractivity contribution in [1.29, 1.82) is 0 Å². The number of fused-ring (bicyclic) bond motifs is 1. The Hall–Kier alpha value is -4.13. The van der Waals surface area contributed by atoms with Crippen LogP contribution in [0.3, 0.4) is 0 Å². The maximum absolute atomic E-state index is 12.8. The molecule has 7 heteroatoms. The van der Waals surface area contributed by atoms with Crippen LogP contribution in [0.15, 0.2) is 78.9 Å². The number of carbonyl (C=O) groups excluding carboxylic acids is 2. The largest absolute Gasteiger partial charge is 0.497 e. The fourth-order valence-corrected chi connectivity index (χ4v) is 3.52. The second-order valence-corrected chi connectivity index (χ2v) is 7.25. The average molecular weight is 428 g/mol. The Bertz CT molecular complexity index is 1230. The molecule has 0 atom stereocenters. The van der Waals surface area contributed by atoms with Crippen molar-refractivity contribution in [2.45, 2.75) is 13.0 Å². The minimum Gasteiger partial charge on any atom is -0.497 e. The Kier molecular flexibility index (Phi) is 6.46. The van der Waals surface area contributed by atoms with Gasteiger partial charge in [-0.15, -0.1) is 0 Å². The van der Waals surface area contributed by atoms with Gasteiger partial charge < -0.3 is 19.9 Å². The number of aromatic nitrogens is 2. The lowest BCUT2D eigenvalue weighted by molar-refractivity contribution is -0.116. The highest BCUT2D eigenvalue weighted by Crippen LogP contribution is 2.19. The van der Waals surface area contributed by atoms with Crippen molar-refractivity contribution in [2.75, 3.05) is 19.0 Å². The molecule has 0 aliphatic heterocycles. The minimum absolute atomic E-state index is 0.111. The van der Waals surface area contributed by atoms with Gasteiger partial charge in [-0.1, -0.05) is 36.4 Å². The zero-order valence-electron chi connectivity index (χ0n) is 17.7. The molecule has 0 spiro atoms. The highest BCUT2D eigenvalue weighted by molar-refractivity contribution is 5.94. The molecule has 0 aliphatic rings. The normalized spacial score (nSPS) is 10.7. The van der Waals surface area contributed by atoms with Crippen molar-refractivity contribution >= 4 is 28.5 Å². The monoisotopic (exact) mass is 428 g/mol. The first-order chi connectivity index (χ1) is 15.6. The summed E-state index contributed by atoms with van der Waals surface area (Å²) in [4.78, 5) is 29.8. The molecule has 2 amide bonds. The Morgan fingerprint density at radius 2 is 1.75 bits per heavy atom. The summed E-state index contributed by atoms with van der Waals surface area (Å²) in [7, 11) is 1.58. The van der Waals surface area contributed by atoms with Crippen LogP contribution in [0.5, 0.6) is 5.75 Å². The van der Waals surface area contributed by atoms with Crippen LogP contribution in [0.2, 0.25) is 0 Å². The van der Waals surface area contributed by atoms with E-state index in [0.29, 0.717) is 30.0 Å². The molecule has 7 nitrogen and oxygen atoms in total. The first-order valence-electron chi connectivity index (χ1n) is 10.4. The molecule has 0 unspecified atom stereocenters. The van der Waals surface area contributed by atoms with E-state index in [9.17, 15) is 9.59 Å². The summed E-state index contributed by atoms with van der Waals surface area (Å²) in [6, 6.07) is 24.0. The van der Waals surface area contributed by atoms with E-state index in [2.05, 4.69) is 15.6 Å². The van der Waals surface area contributed by atoms with E-state index in [1.807, 2.05) is 65.2 Å². The molecule has 0 radical (unpaired) electrons. The molecular formula is C25H24N4O3. The number of rotatable bonds is 8. The third-order valence-electron chi connectivity index (χ3n) is 5.06. The van der Waals surface area contributed by atoms with E-state index in [4.69, 9.17) is 4.74 Å². The van der Waals surface area contributed by atoms with Crippen LogP contribution in [0.4, 0.5) is 5.69 Å². The van der Waals surface area contributed by atoms with Crippen LogP contribution in [0, 0.1) is 0 Å². The fourth-order valence-electron chi connectivity index (χ4n) is 3.52. The lowest BCUT2D eigenvalue weighted by Gasteiger charge is -2.11. The van der Waals surface area contributed by atoms with E-state index in [1.54, 1.807) is 25.3 Å². The number of methoxy groups -OCH3 is 1. The average Bonchev–Trinajstić information content (AvgIpc) is 3.16. The second-order valence-electron chi connectivity index (χ2n) is 7.25. The summed E-state index contributed by atoms with van der Waals surface area (Å²) in [5, 5.41) is 5.82. The van der Waals surface area contributed by atoms with Crippen LogP contribution in [-0.4, -0.2) is 35.0 Å². The van der Waals surface area contributed by atoms with E-state index in [0.717, 1.165) is 16.9 Å². The molecular weight excluding hydrogens is 404 g/mol. The number of hydrogen-bond donors (Lipinski definition) is 2. The number of nitrogens with zero attached hydrogens (tertiary/aromatic N) is 2. The highest BCUT2D eigenvalue weighted by atomic mass is 16.5. The first-order valence-corrected chi connectivity index (χ1v) is 10.4. The standard InChI is InChI=1S/C25H24N4O3/c1-32-20-11-7-10-19(16-20)27-24(30)17-29-22-13-6-5-12-21(22)28-23(29)14-15-26-25(31)18-8-3-2-4-9-18/h2-13,16H,14-15,17H2,1H3,(H,26,31)(H,27,30). The summed E-state index contributed by atoms with van der Waals surface area (Å²) in [5.41, 5.74) is 2.96. The highest BCUT2D eigenvalue weighted by Gasteiger charge is 2.14. The number of imidazole rings is 1. The summed E-state index contributed by atoms with van der Waals surface area (Å²) >= 11 is 0. The number of benzene rings is 3. The minimum atomic E-state index is -0.170. The van der Waals surface area contributed by atoms with Gasteiger partial charge in [0, 0.05) is 30.3 Å². The van der Waals surface area contributed by atoms with E-state index in [-0.39, 0.29) is 18.4 Å². The van der Waals surface area contributed by atoms with Gasteiger partial charge in [-0.3, -0.25) is 9.59 Å². The lowest BCUT2D eigenvalue weighted by atomic mass is 10.2. The third kappa shape index (κ3) is 4.95. The molecule has 0 saturated heterocycles. The quantitative estimate of drug-likeness (QED) is 0.449. The molecule has 2 N–H and O–H groups in total. The number of amides is 2. The molecule has 4 aromatic rings. The summed E-state index contributed by atoms with van der Waals surface area (Å²) < 4.78 is 7.10. The predicted molar refractivity (Wildman–Crippen MR) is 124 cm³/mol. The van der Waals surface area contributed by atoms with Gasteiger partial charge in [-0.2, -0.15) is 0 Å². The van der Waals surface area contributed by atoms with Crippen LogP contribution in [0.1, 0.15) is 16.2 Å². The van der Waals surface area contributed by atoms with Gasteiger partial charge in [-0.05, 0) is 36.4 Å². The van der Waals surface area contributed by atoms with Gasteiger partial charge in [0.05, 0.1) is 18.1 Å². The van der Waals surface area contributed by atoms with Crippen molar-refractivity contribution in [3.05, 3.63) is 90.3 Å². The van der Waals surface area contributed by atoms with Crippen molar-refractivity contribution in [3.63, 3.8) is 0 Å². The number of hydrogen-bond acceptors (Lipinski definition) is 4. The molecule has 4 rings (SSSR count). The molecule has 32 heavy (non-hydrogen) atoms. The summed E-state index contributed by atoms with van der Waals surface area (Å²) in [5.74, 6) is 1.10. The maximum atomic E-state index is 12.8. The predicted octanol–water partition coefficient (Wildman–Crippen LogP) is 3.66. The van der Waals surface area contributed by atoms with Crippen molar-refractivity contribution in [1.82, 2.24) is 14.9 Å². The fraction of sp³-hybridized carbons (Fsp3) is 0.160. The lowest BCUT2D eigenvalue weighted by Crippen LogP contribution is -2.27. The molecule has 1 aromatic heterocycles. The van der Waals surface area contributed by atoms with Crippen LogP contribution in [0.25, 0.3) is 11.0 Å². The zero-order chi connectivity index (χ0) is 22.3. The van der Waals surface area contributed by atoms with Gasteiger partial charge in [0.1, 0.15) is 18.1 Å². The molecule has 0 bridgehead atoms. The van der Waals surface area contributed by atoms with E-state index < -0.39 is 0 Å². The maximum Gasteiger partial charge on any atom is 0.251 e. The number of carbonyl (C=O) groups is 2. The van der Waals surface area contributed by atoms with E-state index >= 15 is 0 Å². The molecule has 0 saturated carbocycles. The summed E-state index contributed by atoms with van der Waals surface area (Å²) in [6.45, 7) is 0.522. The Morgan fingerprint density at radius 1 is 0.969 bits per heavy atom. The number of nitrogens with one attached hydrogen (secondary N) is 2. The molecule has 3 aromatic carbocycles. The molecule has 162 valence electrons. The third-order valence-corrected chi connectivity index (χ3v) is 5.06. The van der Waals surface area contributed by atoms with Gasteiger partial charge in [-0.25, -0.2) is 4.98 Å². The smallest absolute Gasteiger partial charge is 0.251 e. The number of ether oxygens (including phenoxy) is 1. The van der Waals surface area contributed by atoms with Crippen molar-refractivity contribution in [3.8, 4) is 5.75 Å². The molecule has 0 fully saturated rings. The van der Waals surface area contributed by atoms with Crippen LogP contribution in [-0.2, 0) is 17.8 Å². The number of anilines is 1. The van der Waals surface area contributed by atoms with Crippen molar-refractivity contribution in [2.24, 2.45) is 0 Å². The van der Waals surface area contributed by atoms with Gasteiger partial charge in [0.2, 0.25) is 5.91 Å². The van der Waals surface area contributed by atoms with Crippen molar-refractivity contribution < 1.29 is 14.3 Å². The Balaban J connectivity index is 1.47. The SMILES string of the molecule is COc1cccc(NC(=O)Cn2c(CCNC(=O)c3ccccc3)nc3ccccc32)c1. The zero-order valence-corrected chi connectivity index (χ0v) is 17.7. The first kappa shape index (κ1) is 21.1. The van der Waals surface area contributed by atoms with Crippen LogP contribution >= 0.6 is 0 Å². The van der Waals surface area contributed by atoms with E-state index in [1.165, 1.54) is 0 Å². The van der Waals surface area contributed by atoms with Gasteiger partial charge in [0.15, 0.2) is 0 Å². The topological polar surface area (TPSA) is 85.2 Å². The summed E-state index contributed by atoms with van der Waals surface area (Å²) in [6.07, 6.45) is 0.500. The Morgan fingerprint density at radius 3 is 2.56 bits per heavy atom. The Labute approximate surface area is 186 Å². The number of para-hydroxylation sites is 2. The molecule has 0 aliphatic carbocycles.